The van der Waals surface area contributed by atoms with Gasteiger partial charge >= 0.3 is 0 Å². The van der Waals surface area contributed by atoms with Crippen molar-refractivity contribution in [2.45, 2.75) is 34.6 Å². The Hall–Kier alpha value is -4.95. The summed E-state index contributed by atoms with van der Waals surface area (Å²) >= 11 is 0. The zero-order chi connectivity index (χ0) is 27.8. The first kappa shape index (κ1) is 27.6. The maximum atomic E-state index is 9.41. The summed E-state index contributed by atoms with van der Waals surface area (Å²) in [6.07, 6.45) is 3.61. The van der Waals surface area contributed by atoms with Crippen molar-refractivity contribution in [2.24, 2.45) is 12.0 Å². The molecule has 192 valence electrons. The SMILES string of the molecule is CC.CN=C/C(=C(\C)C#N)c1cc(C)c(Oc2nc(Nc3ccc(C#N)cc3)nc3ccn(C)c23)c(C)c1. The summed E-state index contributed by atoms with van der Waals surface area (Å²) in [7, 11) is 3.60. The number of aliphatic imine (C=N–C) groups is 1. The molecule has 0 aliphatic carbocycles. The average Bonchev–Trinajstić information content (AvgIpc) is 3.30. The van der Waals surface area contributed by atoms with E-state index >= 15 is 0 Å². The van der Waals surface area contributed by atoms with E-state index in [1.54, 1.807) is 44.5 Å². The number of fused-ring (bicyclic) bond motifs is 1. The van der Waals surface area contributed by atoms with E-state index in [0.717, 1.165) is 39.0 Å². The van der Waals surface area contributed by atoms with Gasteiger partial charge in [0.1, 0.15) is 11.3 Å². The van der Waals surface area contributed by atoms with Crippen molar-refractivity contribution in [3.05, 3.63) is 76.5 Å². The lowest BCUT2D eigenvalue weighted by molar-refractivity contribution is 0.459. The Labute approximate surface area is 223 Å². The van der Waals surface area contributed by atoms with Crippen LogP contribution in [0.25, 0.3) is 16.6 Å². The lowest BCUT2D eigenvalue weighted by atomic mass is 9.97. The molecule has 0 spiro atoms. The largest absolute Gasteiger partial charge is 0.436 e. The topological polar surface area (TPSA) is 112 Å². The number of hydrogen-bond donors (Lipinski definition) is 1. The average molecular weight is 506 g/mol. The molecule has 0 atom stereocenters. The fourth-order valence-corrected chi connectivity index (χ4v) is 3.98. The second-order valence-corrected chi connectivity index (χ2v) is 8.41. The number of aromatic nitrogens is 3. The molecule has 0 aliphatic rings. The van der Waals surface area contributed by atoms with Crippen LogP contribution in [0.4, 0.5) is 11.6 Å². The van der Waals surface area contributed by atoms with Crippen molar-refractivity contribution in [1.82, 2.24) is 14.5 Å². The van der Waals surface area contributed by atoms with Gasteiger partial charge in [-0.2, -0.15) is 15.5 Å². The van der Waals surface area contributed by atoms with Gasteiger partial charge in [-0.3, -0.25) is 4.99 Å². The van der Waals surface area contributed by atoms with E-state index in [9.17, 15) is 5.26 Å². The fourth-order valence-electron chi connectivity index (χ4n) is 3.98. The van der Waals surface area contributed by atoms with Crippen molar-refractivity contribution in [1.29, 1.82) is 10.5 Å². The van der Waals surface area contributed by atoms with Gasteiger partial charge in [-0.05, 0) is 79.9 Å². The highest BCUT2D eigenvalue weighted by Crippen LogP contribution is 2.35. The molecule has 8 nitrogen and oxygen atoms in total. The van der Waals surface area contributed by atoms with Gasteiger partial charge in [-0.25, -0.2) is 4.98 Å². The van der Waals surface area contributed by atoms with E-state index < -0.39 is 0 Å². The van der Waals surface area contributed by atoms with Gasteiger partial charge in [0.05, 0.1) is 23.2 Å². The molecule has 8 heteroatoms. The molecule has 0 amide bonds. The van der Waals surface area contributed by atoms with Crippen LogP contribution in [0.5, 0.6) is 11.6 Å². The van der Waals surface area contributed by atoms with E-state index in [1.807, 2.05) is 63.7 Å². The zero-order valence-corrected chi connectivity index (χ0v) is 22.8. The second kappa shape index (κ2) is 12.3. The third-order valence-corrected chi connectivity index (χ3v) is 5.76. The van der Waals surface area contributed by atoms with Crippen molar-refractivity contribution < 1.29 is 4.74 Å². The van der Waals surface area contributed by atoms with Gasteiger partial charge in [0, 0.05) is 43.3 Å². The number of anilines is 2. The number of benzene rings is 2. The minimum absolute atomic E-state index is 0.384. The number of hydrogen-bond acceptors (Lipinski definition) is 7. The summed E-state index contributed by atoms with van der Waals surface area (Å²) < 4.78 is 8.34. The number of ether oxygens (including phenoxy) is 1. The molecular weight excluding hydrogens is 474 g/mol. The molecule has 0 unspecified atom stereocenters. The molecule has 1 N–H and O–H groups in total. The normalized spacial score (nSPS) is 11.3. The summed E-state index contributed by atoms with van der Waals surface area (Å²) in [6, 6.07) is 17.3. The highest BCUT2D eigenvalue weighted by molar-refractivity contribution is 6.12. The molecule has 0 saturated heterocycles. The number of nitriles is 2. The van der Waals surface area contributed by atoms with Crippen molar-refractivity contribution in [3.63, 3.8) is 0 Å². The quantitative estimate of drug-likeness (QED) is 0.223. The minimum Gasteiger partial charge on any atom is -0.436 e. The Kier molecular flexibility index (Phi) is 8.97. The second-order valence-electron chi connectivity index (χ2n) is 8.41. The summed E-state index contributed by atoms with van der Waals surface area (Å²) in [4.78, 5) is 13.4. The first-order chi connectivity index (χ1) is 18.3. The Bertz CT molecular complexity index is 1570. The fraction of sp³-hybridized carbons (Fsp3) is 0.233. The minimum atomic E-state index is 0.384. The van der Waals surface area contributed by atoms with Crippen LogP contribution in [0.1, 0.15) is 43.0 Å². The number of nitrogens with one attached hydrogen (secondary N) is 1. The van der Waals surface area contributed by atoms with Crippen LogP contribution in [0.15, 0.2) is 59.2 Å². The summed E-state index contributed by atoms with van der Waals surface area (Å²) in [6.45, 7) is 9.71. The molecule has 0 fully saturated rings. The first-order valence-corrected chi connectivity index (χ1v) is 12.3. The Morgan fingerprint density at radius 1 is 1.05 bits per heavy atom. The van der Waals surface area contributed by atoms with Gasteiger partial charge in [-0.15, -0.1) is 0 Å². The molecule has 2 heterocycles. The number of rotatable bonds is 6. The van der Waals surface area contributed by atoms with Crippen LogP contribution in [0, 0.1) is 36.5 Å². The predicted octanol–water partition coefficient (Wildman–Crippen LogP) is 7.02. The highest BCUT2D eigenvalue weighted by atomic mass is 16.5. The molecule has 0 aliphatic heterocycles. The first-order valence-electron chi connectivity index (χ1n) is 12.3. The van der Waals surface area contributed by atoms with Crippen LogP contribution < -0.4 is 10.1 Å². The number of nitrogens with zero attached hydrogens (tertiary/aromatic N) is 6. The Balaban J connectivity index is 0.00000195. The van der Waals surface area contributed by atoms with Gasteiger partial charge in [0.25, 0.3) is 0 Å². The maximum Gasteiger partial charge on any atom is 0.249 e. The van der Waals surface area contributed by atoms with E-state index in [2.05, 4.69) is 32.4 Å². The summed E-state index contributed by atoms with van der Waals surface area (Å²) in [5, 5.41) is 21.6. The molecule has 0 saturated carbocycles. The standard InChI is InChI=1S/C28H25N7O.C2H6/c1-17-12-21(23(16-31-4)19(3)14-29)13-18(2)26(17)36-27-25-24(10-11-35(25)5)33-28(34-27)32-22-8-6-20(15-30)7-9-22;1-2/h6-13,16H,1-5H3,(H,32,33,34);1-2H3/b23-19-,31-16?;. The number of aryl methyl sites for hydroxylation is 3. The molecule has 4 rings (SSSR count). The lowest BCUT2D eigenvalue weighted by Gasteiger charge is -2.16. The molecular formula is C30H31N7O. The smallest absolute Gasteiger partial charge is 0.249 e. The van der Waals surface area contributed by atoms with Gasteiger partial charge in [-0.1, -0.05) is 13.8 Å². The van der Waals surface area contributed by atoms with E-state index in [4.69, 9.17) is 10.00 Å². The predicted molar refractivity (Wildman–Crippen MR) is 153 cm³/mol. The van der Waals surface area contributed by atoms with Crippen LogP contribution >= 0.6 is 0 Å². The van der Waals surface area contributed by atoms with Crippen molar-refractivity contribution in [2.75, 3.05) is 12.4 Å². The Morgan fingerprint density at radius 3 is 2.29 bits per heavy atom. The van der Waals surface area contributed by atoms with Crippen molar-refractivity contribution in [3.8, 4) is 23.8 Å². The zero-order valence-electron chi connectivity index (χ0n) is 22.8. The lowest BCUT2D eigenvalue weighted by Crippen LogP contribution is -2.03. The molecule has 2 aromatic carbocycles. The summed E-state index contributed by atoms with van der Waals surface area (Å²) in [5.74, 6) is 1.49. The van der Waals surface area contributed by atoms with E-state index in [1.165, 1.54) is 0 Å². The monoisotopic (exact) mass is 505 g/mol. The van der Waals surface area contributed by atoms with E-state index in [0.29, 0.717) is 28.7 Å². The Morgan fingerprint density at radius 2 is 1.71 bits per heavy atom. The number of allylic oxidation sites excluding steroid dienone is 2. The molecule has 0 bridgehead atoms. The highest BCUT2D eigenvalue weighted by Gasteiger charge is 2.17. The van der Waals surface area contributed by atoms with Crippen molar-refractivity contribution >= 4 is 34.5 Å². The third kappa shape index (κ3) is 5.88. The van der Waals surface area contributed by atoms with Gasteiger partial charge < -0.3 is 14.6 Å². The van der Waals surface area contributed by atoms with Crippen LogP contribution in [0.3, 0.4) is 0 Å². The van der Waals surface area contributed by atoms with Crippen LogP contribution in [-0.2, 0) is 7.05 Å². The van der Waals surface area contributed by atoms with Gasteiger partial charge in [0.15, 0.2) is 0 Å². The molecule has 38 heavy (non-hydrogen) atoms. The molecule has 2 aromatic heterocycles. The van der Waals surface area contributed by atoms with Gasteiger partial charge in [0.2, 0.25) is 11.8 Å². The van der Waals surface area contributed by atoms with E-state index in [-0.39, 0.29) is 0 Å². The van der Waals surface area contributed by atoms with Crippen LogP contribution in [-0.4, -0.2) is 27.8 Å². The molecule has 4 aromatic rings. The maximum absolute atomic E-state index is 9.41. The van der Waals surface area contributed by atoms with Crippen LogP contribution in [0.2, 0.25) is 0 Å². The third-order valence-electron chi connectivity index (χ3n) is 5.76. The molecule has 0 radical (unpaired) electrons. The summed E-state index contributed by atoms with van der Waals surface area (Å²) in [5.41, 5.74) is 6.91.